The minimum absolute atomic E-state index is 0.0542. The Hall–Kier alpha value is -4.16. The van der Waals surface area contributed by atoms with E-state index in [1.807, 2.05) is 59.3 Å². The Bertz CT molecular complexity index is 1850. The van der Waals surface area contributed by atoms with Gasteiger partial charge in [-0.1, -0.05) is 70.9 Å². The van der Waals surface area contributed by atoms with Crippen molar-refractivity contribution < 1.29 is 0 Å². The van der Waals surface area contributed by atoms with E-state index in [-0.39, 0.29) is 23.7 Å². The number of likely N-dealkylation sites (tertiary alicyclic amines) is 1. The van der Waals surface area contributed by atoms with Gasteiger partial charge >= 0.3 is 0 Å². The number of benzene rings is 3. The number of nitrogens with one attached hydrogen (secondary N) is 2. The zero-order chi connectivity index (χ0) is 32.4. The van der Waals surface area contributed by atoms with Crippen molar-refractivity contribution in [1.82, 2.24) is 24.9 Å². The molecule has 5 aromatic rings. The van der Waals surface area contributed by atoms with Crippen LogP contribution in [0.15, 0.2) is 79.1 Å². The van der Waals surface area contributed by atoms with Gasteiger partial charge in [0.15, 0.2) is 0 Å². The van der Waals surface area contributed by atoms with Crippen LogP contribution in [0.3, 0.4) is 0 Å². The summed E-state index contributed by atoms with van der Waals surface area (Å²) in [5.74, 6) is 0. The highest BCUT2D eigenvalue weighted by Crippen LogP contribution is 2.37. The molecule has 2 N–H and O–H groups in total. The van der Waals surface area contributed by atoms with Gasteiger partial charge < -0.3 is 10.6 Å². The normalized spacial score (nSPS) is 15.8. The van der Waals surface area contributed by atoms with Crippen molar-refractivity contribution in [3.8, 4) is 6.07 Å². The third kappa shape index (κ3) is 6.82. The summed E-state index contributed by atoms with van der Waals surface area (Å²) < 4.78 is 2.02. The number of nitriles is 1. The van der Waals surface area contributed by atoms with E-state index in [2.05, 4.69) is 82.9 Å². The van der Waals surface area contributed by atoms with E-state index in [0.717, 1.165) is 53.8 Å². The van der Waals surface area contributed by atoms with E-state index in [1.165, 1.54) is 0 Å². The van der Waals surface area contributed by atoms with E-state index in [0.29, 0.717) is 26.8 Å². The lowest BCUT2D eigenvalue weighted by Gasteiger charge is -2.40. The number of pyridine rings is 1. The summed E-state index contributed by atoms with van der Waals surface area (Å²) in [6, 6.07) is 23.9. The summed E-state index contributed by atoms with van der Waals surface area (Å²) >= 11 is 13.1. The molecule has 0 saturated carbocycles. The van der Waals surface area contributed by atoms with Crippen LogP contribution in [-0.2, 0) is 0 Å². The molecule has 0 amide bonds. The van der Waals surface area contributed by atoms with Crippen molar-refractivity contribution in [2.45, 2.75) is 64.2 Å². The lowest BCUT2D eigenvalue weighted by atomic mass is 9.98. The molecule has 46 heavy (non-hydrogen) atoms. The van der Waals surface area contributed by atoms with Gasteiger partial charge in [-0.2, -0.15) is 5.26 Å². The van der Waals surface area contributed by atoms with Crippen LogP contribution >= 0.6 is 23.2 Å². The fourth-order valence-corrected chi connectivity index (χ4v) is 6.57. The van der Waals surface area contributed by atoms with Gasteiger partial charge in [0.05, 0.1) is 40.1 Å². The van der Waals surface area contributed by atoms with Crippen LogP contribution in [-0.4, -0.2) is 43.5 Å². The molecule has 3 aromatic carbocycles. The number of hydrogen-bond donors (Lipinski definition) is 2. The van der Waals surface area contributed by atoms with Crippen LogP contribution < -0.4 is 10.6 Å². The van der Waals surface area contributed by atoms with E-state index in [1.54, 1.807) is 6.20 Å². The maximum Gasteiger partial charge on any atom is 0.109 e. The van der Waals surface area contributed by atoms with Crippen LogP contribution in [0.25, 0.3) is 10.9 Å². The van der Waals surface area contributed by atoms with Crippen molar-refractivity contribution in [2.24, 2.45) is 0 Å². The standard InChI is InChI=1S/C36H38Cl2N8/c1-23(24-8-6-5-7-9-24)41-33-26(20-39)21-40-35-30(33)18-28(19-31(35)38)42-34(25-10-12-27(37)13-11-25)32-22-46(44-43-32)29-14-16-45(17-15-29)36(2,3)4/h5-13,18-19,21-23,29,34,42H,14-17H2,1-4H3,(H,40,41). The predicted octanol–water partition coefficient (Wildman–Crippen LogP) is 8.81. The summed E-state index contributed by atoms with van der Waals surface area (Å²) in [6.45, 7) is 10.9. The molecule has 6 rings (SSSR count). The monoisotopic (exact) mass is 652 g/mol. The van der Waals surface area contributed by atoms with Crippen LogP contribution in [0.4, 0.5) is 11.4 Å². The van der Waals surface area contributed by atoms with Crippen LogP contribution in [0.1, 0.15) is 81.0 Å². The SMILES string of the molecule is CC(Nc1c(C#N)cnc2c(Cl)cc(NC(c3ccc(Cl)cc3)c3cn(C4CCN(C(C)(C)C)CC4)nn3)cc12)c1ccccc1. The zero-order valence-electron chi connectivity index (χ0n) is 26.5. The molecule has 2 unspecified atom stereocenters. The molecule has 2 aromatic heterocycles. The Labute approximate surface area is 280 Å². The molecule has 1 saturated heterocycles. The van der Waals surface area contributed by atoms with Crippen molar-refractivity contribution in [3.05, 3.63) is 112 Å². The van der Waals surface area contributed by atoms with Gasteiger partial charge in [0, 0.05) is 47.0 Å². The number of rotatable bonds is 8. The highest BCUT2D eigenvalue weighted by Gasteiger charge is 2.29. The van der Waals surface area contributed by atoms with E-state index in [4.69, 9.17) is 23.2 Å². The number of fused-ring (bicyclic) bond motifs is 1. The van der Waals surface area contributed by atoms with Crippen LogP contribution in [0, 0.1) is 11.3 Å². The van der Waals surface area contributed by atoms with Crippen LogP contribution in [0.5, 0.6) is 0 Å². The Morgan fingerprint density at radius 2 is 1.67 bits per heavy atom. The van der Waals surface area contributed by atoms with Gasteiger partial charge in [0.2, 0.25) is 0 Å². The molecule has 236 valence electrons. The number of halogens is 2. The second kappa shape index (κ2) is 13.3. The fraction of sp³-hybridized carbons (Fsp3) is 0.333. The first-order valence-corrected chi connectivity index (χ1v) is 16.4. The van der Waals surface area contributed by atoms with Crippen molar-refractivity contribution in [3.63, 3.8) is 0 Å². The molecule has 1 fully saturated rings. The quantitative estimate of drug-likeness (QED) is 0.173. The second-order valence-electron chi connectivity index (χ2n) is 12.9. The van der Waals surface area contributed by atoms with Gasteiger partial charge in [0.25, 0.3) is 0 Å². The molecule has 0 radical (unpaired) electrons. The molecule has 0 bridgehead atoms. The van der Waals surface area contributed by atoms with Crippen molar-refractivity contribution in [2.75, 3.05) is 23.7 Å². The minimum atomic E-state index is -0.332. The molecular weight excluding hydrogens is 615 g/mol. The molecule has 8 nitrogen and oxygen atoms in total. The maximum absolute atomic E-state index is 10.0. The number of anilines is 2. The summed E-state index contributed by atoms with van der Waals surface area (Å²) in [5.41, 5.74) is 5.53. The lowest BCUT2D eigenvalue weighted by Crippen LogP contribution is -2.46. The Morgan fingerprint density at radius 3 is 2.35 bits per heavy atom. The topological polar surface area (TPSA) is 94.7 Å². The average molecular weight is 654 g/mol. The van der Waals surface area contributed by atoms with Gasteiger partial charge in [0.1, 0.15) is 11.8 Å². The molecule has 3 heterocycles. The summed E-state index contributed by atoms with van der Waals surface area (Å²) in [7, 11) is 0. The largest absolute Gasteiger partial charge is 0.377 e. The van der Waals surface area contributed by atoms with Crippen LogP contribution in [0.2, 0.25) is 10.0 Å². The molecular formula is C36H38Cl2N8. The molecule has 1 aliphatic rings. The third-order valence-corrected chi connectivity index (χ3v) is 9.37. The van der Waals surface area contributed by atoms with Crippen molar-refractivity contribution >= 4 is 45.5 Å². The van der Waals surface area contributed by atoms with E-state index < -0.39 is 0 Å². The van der Waals surface area contributed by atoms with Gasteiger partial charge in [-0.05, 0) is 75.9 Å². The summed E-state index contributed by atoms with van der Waals surface area (Å²) in [5, 5.41) is 28.4. The lowest BCUT2D eigenvalue weighted by molar-refractivity contribution is 0.0866. The van der Waals surface area contributed by atoms with Gasteiger partial charge in [-0.25, -0.2) is 4.68 Å². The molecule has 0 spiro atoms. The Morgan fingerprint density at radius 1 is 0.957 bits per heavy atom. The third-order valence-electron chi connectivity index (χ3n) is 8.83. The zero-order valence-corrected chi connectivity index (χ0v) is 28.0. The Kier molecular flexibility index (Phi) is 9.19. The minimum Gasteiger partial charge on any atom is -0.377 e. The summed E-state index contributed by atoms with van der Waals surface area (Å²) in [4.78, 5) is 7.07. The Balaban J connectivity index is 1.34. The highest BCUT2D eigenvalue weighted by molar-refractivity contribution is 6.36. The number of hydrogen-bond acceptors (Lipinski definition) is 7. The number of piperidine rings is 1. The molecule has 2 atom stereocenters. The van der Waals surface area contributed by atoms with Gasteiger partial charge in [-0.3, -0.25) is 9.88 Å². The average Bonchev–Trinajstić information content (AvgIpc) is 3.55. The van der Waals surface area contributed by atoms with Crippen molar-refractivity contribution in [1.29, 1.82) is 5.26 Å². The van der Waals surface area contributed by atoms with Gasteiger partial charge in [-0.15, -0.1) is 5.10 Å². The first kappa shape index (κ1) is 31.8. The fourth-order valence-electron chi connectivity index (χ4n) is 6.18. The maximum atomic E-state index is 10.0. The second-order valence-corrected chi connectivity index (χ2v) is 13.8. The first-order chi connectivity index (χ1) is 22.1. The summed E-state index contributed by atoms with van der Waals surface area (Å²) in [6.07, 6.45) is 5.66. The number of nitrogens with zero attached hydrogens (tertiary/aromatic N) is 6. The van der Waals surface area contributed by atoms with E-state index >= 15 is 0 Å². The molecule has 1 aliphatic heterocycles. The highest BCUT2D eigenvalue weighted by atomic mass is 35.5. The molecule has 0 aliphatic carbocycles. The number of aromatic nitrogens is 4. The molecule has 10 heteroatoms. The van der Waals surface area contributed by atoms with E-state index in [9.17, 15) is 5.26 Å². The smallest absolute Gasteiger partial charge is 0.109 e. The first-order valence-electron chi connectivity index (χ1n) is 15.6. The predicted molar refractivity (Wildman–Crippen MR) is 186 cm³/mol.